The van der Waals surface area contributed by atoms with Crippen molar-refractivity contribution in [3.8, 4) is 5.75 Å². The van der Waals surface area contributed by atoms with E-state index in [0.29, 0.717) is 0 Å². The molecule has 15 heavy (non-hydrogen) atoms. The first-order valence-electron chi connectivity index (χ1n) is 4.81. The van der Waals surface area contributed by atoms with Crippen LogP contribution in [0.3, 0.4) is 0 Å². The fourth-order valence-electron chi connectivity index (χ4n) is 1.51. The molecule has 1 rings (SSSR count). The van der Waals surface area contributed by atoms with Crippen molar-refractivity contribution in [3.05, 3.63) is 23.3 Å². The fourth-order valence-corrected chi connectivity index (χ4v) is 1.51. The molecule has 2 heteroatoms. The maximum absolute atomic E-state index is 5.90. The standard InChI is InChI=1S/C12H19NO.CH4/c1-8-6-9(12(2,3)4)7-10(13)11(8)14-5;/h6-7H,13H2,1-5H3;1H4. The van der Waals surface area contributed by atoms with Crippen molar-refractivity contribution in [2.45, 2.75) is 40.5 Å². The van der Waals surface area contributed by atoms with E-state index >= 15 is 0 Å². The molecule has 1 aromatic carbocycles. The van der Waals surface area contributed by atoms with Gasteiger partial charge >= 0.3 is 0 Å². The molecule has 0 aromatic heterocycles. The first-order chi connectivity index (χ1) is 6.36. The summed E-state index contributed by atoms with van der Waals surface area (Å²) in [6.07, 6.45) is 0. The van der Waals surface area contributed by atoms with Crippen molar-refractivity contribution in [1.29, 1.82) is 0 Å². The number of rotatable bonds is 1. The molecule has 1 aromatic rings. The van der Waals surface area contributed by atoms with Crippen LogP contribution in [0, 0.1) is 6.92 Å². The van der Waals surface area contributed by atoms with Gasteiger partial charge in [0.2, 0.25) is 0 Å². The third kappa shape index (κ3) is 2.88. The van der Waals surface area contributed by atoms with Crippen LogP contribution in [0.4, 0.5) is 5.69 Å². The third-order valence-corrected chi connectivity index (χ3v) is 2.37. The summed E-state index contributed by atoms with van der Waals surface area (Å²) in [5, 5.41) is 0. The number of nitrogens with two attached hydrogens (primary N) is 1. The topological polar surface area (TPSA) is 35.2 Å². The Bertz CT molecular complexity index is 314. The third-order valence-electron chi connectivity index (χ3n) is 2.37. The second-order valence-corrected chi connectivity index (χ2v) is 4.67. The summed E-state index contributed by atoms with van der Waals surface area (Å²) in [5.41, 5.74) is 9.09. The van der Waals surface area contributed by atoms with Crippen LogP contribution in [-0.4, -0.2) is 7.11 Å². The highest BCUT2D eigenvalue weighted by Crippen LogP contribution is 2.32. The number of anilines is 1. The van der Waals surface area contributed by atoms with Crippen LogP contribution < -0.4 is 10.5 Å². The Morgan fingerprint density at radius 2 is 1.73 bits per heavy atom. The van der Waals surface area contributed by atoms with Gasteiger partial charge in [-0.05, 0) is 29.5 Å². The van der Waals surface area contributed by atoms with Gasteiger partial charge in [0.25, 0.3) is 0 Å². The Balaban J connectivity index is 0.00000196. The molecule has 0 heterocycles. The predicted octanol–water partition coefficient (Wildman–Crippen LogP) is 3.52. The summed E-state index contributed by atoms with van der Waals surface area (Å²) < 4.78 is 5.22. The second-order valence-electron chi connectivity index (χ2n) is 4.67. The zero-order valence-corrected chi connectivity index (χ0v) is 9.64. The average molecular weight is 209 g/mol. The van der Waals surface area contributed by atoms with Crippen molar-refractivity contribution in [1.82, 2.24) is 0 Å². The summed E-state index contributed by atoms with van der Waals surface area (Å²) in [6.45, 7) is 8.54. The normalized spacial score (nSPS) is 10.7. The Hall–Kier alpha value is -1.18. The van der Waals surface area contributed by atoms with Crippen molar-refractivity contribution in [3.63, 3.8) is 0 Å². The number of hydrogen-bond donors (Lipinski definition) is 1. The maximum atomic E-state index is 5.90. The summed E-state index contributed by atoms with van der Waals surface area (Å²) in [7, 11) is 1.65. The number of hydrogen-bond acceptors (Lipinski definition) is 2. The summed E-state index contributed by atoms with van der Waals surface area (Å²) in [4.78, 5) is 0. The molecule has 0 aliphatic carbocycles. The molecule has 0 aliphatic heterocycles. The Kier molecular flexibility index (Phi) is 4.20. The van der Waals surface area contributed by atoms with E-state index in [2.05, 4.69) is 26.8 Å². The molecular weight excluding hydrogens is 186 g/mol. The Labute approximate surface area is 93.4 Å². The smallest absolute Gasteiger partial charge is 0.144 e. The highest BCUT2D eigenvalue weighted by atomic mass is 16.5. The molecular formula is C13H23NO. The Morgan fingerprint density at radius 3 is 2.07 bits per heavy atom. The molecule has 0 fully saturated rings. The van der Waals surface area contributed by atoms with Crippen molar-refractivity contribution in [2.75, 3.05) is 12.8 Å². The molecule has 0 saturated carbocycles. The van der Waals surface area contributed by atoms with Gasteiger partial charge in [0.1, 0.15) is 5.75 Å². The molecule has 0 radical (unpaired) electrons. The average Bonchev–Trinajstić information content (AvgIpc) is 2.01. The second kappa shape index (κ2) is 4.56. The molecule has 86 valence electrons. The van der Waals surface area contributed by atoms with Crippen molar-refractivity contribution in [2.24, 2.45) is 0 Å². The predicted molar refractivity (Wildman–Crippen MR) is 67.6 cm³/mol. The van der Waals surface area contributed by atoms with E-state index in [-0.39, 0.29) is 12.8 Å². The van der Waals surface area contributed by atoms with Crippen LogP contribution in [0.15, 0.2) is 12.1 Å². The highest BCUT2D eigenvalue weighted by Gasteiger charge is 2.16. The minimum Gasteiger partial charge on any atom is -0.494 e. The van der Waals surface area contributed by atoms with Crippen molar-refractivity contribution < 1.29 is 4.74 Å². The first kappa shape index (κ1) is 13.8. The van der Waals surface area contributed by atoms with Gasteiger partial charge in [0, 0.05) is 0 Å². The lowest BCUT2D eigenvalue weighted by Gasteiger charge is -2.21. The van der Waals surface area contributed by atoms with E-state index < -0.39 is 0 Å². The van der Waals surface area contributed by atoms with Gasteiger partial charge in [-0.2, -0.15) is 0 Å². The van der Waals surface area contributed by atoms with E-state index in [1.807, 2.05) is 13.0 Å². The molecule has 0 unspecified atom stereocenters. The van der Waals surface area contributed by atoms with Gasteiger partial charge in [-0.1, -0.05) is 34.3 Å². The molecule has 2 nitrogen and oxygen atoms in total. The first-order valence-corrected chi connectivity index (χ1v) is 4.81. The van der Waals surface area contributed by atoms with Crippen LogP contribution in [0.2, 0.25) is 0 Å². The van der Waals surface area contributed by atoms with E-state index in [1.165, 1.54) is 5.56 Å². The minimum absolute atomic E-state index is 0. The van der Waals surface area contributed by atoms with Crippen LogP contribution in [0.5, 0.6) is 5.75 Å². The van der Waals surface area contributed by atoms with Gasteiger partial charge in [-0.15, -0.1) is 0 Å². The largest absolute Gasteiger partial charge is 0.494 e. The lowest BCUT2D eigenvalue weighted by Crippen LogP contribution is -2.12. The summed E-state index contributed by atoms with van der Waals surface area (Å²) >= 11 is 0. The molecule has 0 spiro atoms. The van der Waals surface area contributed by atoms with Gasteiger partial charge in [-0.25, -0.2) is 0 Å². The molecule has 0 saturated heterocycles. The Morgan fingerprint density at radius 1 is 1.20 bits per heavy atom. The van der Waals surface area contributed by atoms with E-state index in [4.69, 9.17) is 10.5 Å². The lowest BCUT2D eigenvalue weighted by molar-refractivity contribution is 0.413. The molecule has 0 bridgehead atoms. The minimum atomic E-state index is 0. The van der Waals surface area contributed by atoms with Gasteiger partial charge in [0.05, 0.1) is 12.8 Å². The van der Waals surface area contributed by atoms with Crippen LogP contribution in [0.1, 0.15) is 39.3 Å². The number of methoxy groups -OCH3 is 1. The van der Waals surface area contributed by atoms with E-state index in [9.17, 15) is 0 Å². The maximum Gasteiger partial charge on any atom is 0.144 e. The van der Waals surface area contributed by atoms with Crippen LogP contribution >= 0.6 is 0 Å². The van der Waals surface area contributed by atoms with Crippen LogP contribution in [-0.2, 0) is 5.41 Å². The fraction of sp³-hybridized carbons (Fsp3) is 0.538. The number of benzene rings is 1. The SMILES string of the molecule is C.COc1c(C)cc(C(C)(C)C)cc1N. The van der Waals surface area contributed by atoms with Gasteiger partial charge < -0.3 is 10.5 Å². The zero-order valence-electron chi connectivity index (χ0n) is 9.64. The molecule has 0 aliphatic rings. The van der Waals surface area contributed by atoms with Gasteiger partial charge in [0.15, 0.2) is 0 Å². The van der Waals surface area contributed by atoms with E-state index in [1.54, 1.807) is 7.11 Å². The summed E-state index contributed by atoms with van der Waals surface area (Å²) in [6, 6.07) is 4.13. The highest BCUT2D eigenvalue weighted by molar-refractivity contribution is 5.59. The monoisotopic (exact) mass is 209 g/mol. The van der Waals surface area contributed by atoms with E-state index in [0.717, 1.165) is 17.0 Å². The number of nitrogen functional groups attached to an aromatic ring is 1. The number of ether oxygens (including phenoxy) is 1. The zero-order chi connectivity index (χ0) is 10.9. The summed E-state index contributed by atoms with van der Waals surface area (Å²) in [5.74, 6) is 0.790. The lowest BCUT2D eigenvalue weighted by atomic mass is 9.86. The van der Waals surface area contributed by atoms with Gasteiger partial charge in [-0.3, -0.25) is 0 Å². The molecule has 2 N–H and O–H groups in total. The van der Waals surface area contributed by atoms with Crippen molar-refractivity contribution >= 4 is 5.69 Å². The number of aryl methyl sites for hydroxylation is 1. The van der Waals surface area contributed by atoms with Crippen LogP contribution in [0.25, 0.3) is 0 Å². The molecule has 0 amide bonds. The quantitative estimate of drug-likeness (QED) is 0.718. The molecule has 0 atom stereocenters.